The van der Waals surface area contributed by atoms with Gasteiger partial charge in [0.05, 0.1) is 12.7 Å². The number of hydrogen-bond acceptors (Lipinski definition) is 3. The molecule has 6 heteroatoms. The number of carbonyl (C=O) groups is 2. The number of carboxylic acids is 1. The Morgan fingerprint density at radius 2 is 2.28 bits per heavy atom. The molecule has 1 unspecified atom stereocenters. The summed E-state index contributed by atoms with van der Waals surface area (Å²) in [5, 5.41) is 11.6. The molecule has 1 heterocycles. The molecule has 6 nitrogen and oxygen atoms in total. The summed E-state index contributed by atoms with van der Waals surface area (Å²) in [6, 6.07) is -0.210. The first-order valence-corrected chi connectivity index (χ1v) is 6.12. The molecular weight excluding hydrogens is 234 g/mol. The van der Waals surface area contributed by atoms with Crippen molar-refractivity contribution < 1.29 is 14.7 Å². The van der Waals surface area contributed by atoms with E-state index in [0.29, 0.717) is 18.9 Å². The van der Waals surface area contributed by atoms with E-state index in [-0.39, 0.29) is 18.4 Å². The Hall–Kier alpha value is -1.85. The van der Waals surface area contributed by atoms with Gasteiger partial charge in [0.25, 0.3) is 0 Å². The Bertz CT molecular complexity index is 412. The van der Waals surface area contributed by atoms with Crippen molar-refractivity contribution in [1.29, 1.82) is 0 Å². The summed E-state index contributed by atoms with van der Waals surface area (Å²) in [4.78, 5) is 26.3. The van der Waals surface area contributed by atoms with Crippen molar-refractivity contribution in [1.82, 2.24) is 14.9 Å². The van der Waals surface area contributed by atoms with Crippen LogP contribution in [0.4, 0.5) is 0 Å². The van der Waals surface area contributed by atoms with Crippen molar-refractivity contribution in [2.75, 3.05) is 0 Å². The van der Waals surface area contributed by atoms with Gasteiger partial charge in [-0.2, -0.15) is 0 Å². The summed E-state index contributed by atoms with van der Waals surface area (Å²) in [5.74, 6) is -0.609. The third-order valence-corrected chi connectivity index (χ3v) is 3.09. The van der Waals surface area contributed by atoms with E-state index in [4.69, 9.17) is 5.11 Å². The van der Waals surface area contributed by atoms with Gasteiger partial charge in [-0.25, -0.2) is 4.98 Å². The zero-order chi connectivity index (χ0) is 13.0. The molecule has 2 rings (SSSR count). The van der Waals surface area contributed by atoms with Crippen molar-refractivity contribution in [3.63, 3.8) is 0 Å². The molecule has 18 heavy (non-hydrogen) atoms. The Kier molecular flexibility index (Phi) is 3.96. The first-order chi connectivity index (χ1) is 8.65. The van der Waals surface area contributed by atoms with E-state index in [2.05, 4.69) is 10.3 Å². The van der Waals surface area contributed by atoms with Gasteiger partial charge >= 0.3 is 5.97 Å². The number of carbonyl (C=O) groups excluding carboxylic acids is 1. The number of carboxylic acid groups (broad SMARTS) is 1. The van der Waals surface area contributed by atoms with Crippen LogP contribution in [0.5, 0.6) is 0 Å². The fourth-order valence-corrected chi connectivity index (χ4v) is 1.95. The molecular formula is C12H17N3O3. The van der Waals surface area contributed by atoms with Crippen molar-refractivity contribution >= 4 is 11.9 Å². The minimum atomic E-state index is -0.859. The SMILES string of the molecule is O=C(O)CC(NC(=O)CCn1ccnc1)C1CC1. The Balaban J connectivity index is 1.76. The molecule has 1 aromatic rings. The summed E-state index contributed by atoms with van der Waals surface area (Å²) in [6.07, 6.45) is 7.50. The summed E-state index contributed by atoms with van der Waals surface area (Å²) < 4.78 is 1.82. The van der Waals surface area contributed by atoms with E-state index in [9.17, 15) is 9.59 Å². The first kappa shape index (κ1) is 12.6. The van der Waals surface area contributed by atoms with Crippen LogP contribution in [0.15, 0.2) is 18.7 Å². The Morgan fingerprint density at radius 3 is 2.83 bits per heavy atom. The molecule has 0 radical (unpaired) electrons. The van der Waals surface area contributed by atoms with Crippen LogP contribution in [-0.2, 0) is 16.1 Å². The fraction of sp³-hybridized carbons (Fsp3) is 0.583. The molecule has 1 fully saturated rings. The molecule has 0 spiro atoms. The van der Waals surface area contributed by atoms with Gasteiger partial charge in [-0.15, -0.1) is 0 Å². The van der Waals surface area contributed by atoms with Crippen LogP contribution in [0.3, 0.4) is 0 Å². The van der Waals surface area contributed by atoms with Crippen LogP contribution in [0.1, 0.15) is 25.7 Å². The van der Waals surface area contributed by atoms with E-state index in [1.165, 1.54) is 0 Å². The van der Waals surface area contributed by atoms with E-state index in [1.54, 1.807) is 18.7 Å². The van der Waals surface area contributed by atoms with Gasteiger partial charge in [-0.05, 0) is 18.8 Å². The molecule has 1 aliphatic carbocycles. The highest BCUT2D eigenvalue weighted by Gasteiger charge is 2.33. The fourth-order valence-electron chi connectivity index (χ4n) is 1.95. The monoisotopic (exact) mass is 251 g/mol. The zero-order valence-electron chi connectivity index (χ0n) is 10.1. The molecule has 0 aromatic carbocycles. The number of amides is 1. The maximum Gasteiger partial charge on any atom is 0.305 e. The molecule has 0 bridgehead atoms. The summed E-state index contributed by atoms with van der Waals surface area (Å²) >= 11 is 0. The lowest BCUT2D eigenvalue weighted by molar-refractivity contribution is -0.137. The quantitative estimate of drug-likeness (QED) is 0.745. The zero-order valence-corrected chi connectivity index (χ0v) is 10.1. The Morgan fingerprint density at radius 1 is 1.50 bits per heavy atom. The Labute approximate surface area is 105 Å². The largest absolute Gasteiger partial charge is 0.481 e. The summed E-state index contributed by atoms with van der Waals surface area (Å²) in [5.41, 5.74) is 0. The van der Waals surface area contributed by atoms with Crippen LogP contribution in [-0.4, -0.2) is 32.6 Å². The molecule has 1 saturated carbocycles. The lowest BCUT2D eigenvalue weighted by Crippen LogP contribution is -2.38. The van der Waals surface area contributed by atoms with Gasteiger partial charge in [-0.3, -0.25) is 9.59 Å². The van der Waals surface area contributed by atoms with Crippen molar-refractivity contribution in [3.8, 4) is 0 Å². The highest BCUT2D eigenvalue weighted by atomic mass is 16.4. The number of imidazole rings is 1. The second kappa shape index (κ2) is 5.66. The maximum absolute atomic E-state index is 11.7. The molecule has 1 amide bonds. The van der Waals surface area contributed by atoms with Gasteiger partial charge in [0.15, 0.2) is 0 Å². The van der Waals surface area contributed by atoms with Gasteiger partial charge in [0.2, 0.25) is 5.91 Å². The molecule has 1 aromatic heterocycles. The predicted molar refractivity (Wildman–Crippen MR) is 63.8 cm³/mol. The number of hydrogen-bond donors (Lipinski definition) is 2. The van der Waals surface area contributed by atoms with Crippen molar-refractivity contribution in [3.05, 3.63) is 18.7 Å². The second-order valence-electron chi connectivity index (χ2n) is 4.66. The minimum absolute atomic E-state index is 0.0154. The lowest BCUT2D eigenvalue weighted by atomic mass is 10.1. The van der Waals surface area contributed by atoms with Gasteiger partial charge in [0.1, 0.15) is 0 Å². The number of aromatic nitrogens is 2. The molecule has 0 aliphatic heterocycles. The number of aliphatic carboxylic acids is 1. The molecule has 1 atom stereocenters. The minimum Gasteiger partial charge on any atom is -0.481 e. The molecule has 98 valence electrons. The second-order valence-corrected chi connectivity index (χ2v) is 4.66. The molecule has 1 aliphatic rings. The van der Waals surface area contributed by atoms with Crippen LogP contribution < -0.4 is 5.32 Å². The highest BCUT2D eigenvalue weighted by Crippen LogP contribution is 2.34. The average Bonchev–Trinajstić information content (AvgIpc) is 3.02. The van der Waals surface area contributed by atoms with Gasteiger partial charge in [-0.1, -0.05) is 0 Å². The number of nitrogens with one attached hydrogen (secondary N) is 1. The molecule has 2 N–H and O–H groups in total. The number of rotatable bonds is 7. The smallest absolute Gasteiger partial charge is 0.305 e. The van der Waals surface area contributed by atoms with Crippen molar-refractivity contribution in [2.45, 2.75) is 38.3 Å². The van der Waals surface area contributed by atoms with E-state index in [0.717, 1.165) is 12.8 Å². The lowest BCUT2D eigenvalue weighted by Gasteiger charge is -2.16. The predicted octanol–water partition coefficient (Wildman–Crippen LogP) is 0.643. The van der Waals surface area contributed by atoms with Crippen molar-refractivity contribution in [2.24, 2.45) is 5.92 Å². The summed E-state index contributed by atoms with van der Waals surface area (Å²) in [6.45, 7) is 0.566. The van der Waals surface area contributed by atoms with Gasteiger partial charge in [0, 0.05) is 31.4 Å². The highest BCUT2D eigenvalue weighted by molar-refractivity contribution is 5.77. The average molecular weight is 251 g/mol. The van der Waals surface area contributed by atoms with E-state index in [1.807, 2.05) is 4.57 Å². The maximum atomic E-state index is 11.7. The standard InChI is InChI=1S/C12H17N3O3/c16-11(3-5-15-6-4-13-8-15)14-10(7-12(17)18)9-1-2-9/h4,6,8-10H,1-3,5,7H2,(H,14,16)(H,17,18). The van der Waals surface area contributed by atoms with Crippen LogP contribution >= 0.6 is 0 Å². The topological polar surface area (TPSA) is 84.2 Å². The number of nitrogens with zero attached hydrogens (tertiary/aromatic N) is 2. The van der Waals surface area contributed by atoms with Crippen LogP contribution in [0.2, 0.25) is 0 Å². The van der Waals surface area contributed by atoms with E-state index >= 15 is 0 Å². The van der Waals surface area contributed by atoms with E-state index < -0.39 is 5.97 Å². The molecule has 0 saturated heterocycles. The number of aryl methyl sites for hydroxylation is 1. The third-order valence-electron chi connectivity index (χ3n) is 3.09. The van der Waals surface area contributed by atoms with Gasteiger partial charge < -0.3 is 15.0 Å². The summed E-state index contributed by atoms with van der Waals surface area (Å²) in [7, 11) is 0. The van der Waals surface area contributed by atoms with Crippen LogP contribution in [0.25, 0.3) is 0 Å². The third kappa shape index (κ3) is 3.87. The first-order valence-electron chi connectivity index (χ1n) is 6.12. The van der Waals surface area contributed by atoms with Crippen LogP contribution in [0, 0.1) is 5.92 Å². The normalized spacial score (nSPS) is 16.2.